The molecular formula is C75H42N6O3. The molecule has 0 spiro atoms. The van der Waals surface area contributed by atoms with Crippen molar-refractivity contribution in [3.63, 3.8) is 0 Å². The number of furan rings is 3. The van der Waals surface area contributed by atoms with E-state index in [1.807, 2.05) is 36.4 Å². The smallest absolute Gasteiger partial charge is 0.164 e. The van der Waals surface area contributed by atoms with E-state index in [1.165, 1.54) is 0 Å². The van der Waals surface area contributed by atoms with Crippen molar-refractivity contribution in [2.75, 3.05) is 0 Å². The van der Waals surface area contributed by atoms with E-state index in [-0.39, 0.29) is 0 Å². The van der Waals surface area contributed by atoms with Crippen LogP contribution in [0.3, 0.4) is 0 Å². The first-order valence-corrected chi connectivity index (χ1v) is 28.2. The Morgan fingerprint density at radius 2 is 0.548 bits per heavy atom. The predicted molar refractivity (Wildman–Crippen MR) is 341 cm³/mol. The van der Waals surface area contributed by atoms with Gasteiger partial charge in [-0.25, -0.2) is 15.0 Å². The predicted octanol–water partition coefficient (Wildman–Crippen LogP) is 19.9. The molecule has 0 atom stereocenters. The Kier molecular flexibility index (Phi) is 9.15. The molecule has 0 saturated heterocycles. The topological polar surface area (TPSA) is 92.9 Å². The minimum absolute atomic E-state index is 0.538. The third-order valence-corrected chi connectivity index (χ3v) is 17.3. The van der Waals surface area contributed by atoms with Crippen LogP contribution in [0.1, 0.15) is 0 Å². The summed E-state index contributed by atoms with van der Waals surface area (Å²) < 4.78 is 27.2. The summed E-state index contributed by atoms with van der Waals surface area (Å²) in [5, 5.41) is 13.3. The van der Waals surface area contributed by atoms with E-state index in [0.29, 0.717) is 17.5 Å². The van der Waals surface area contributed by atoms with Crippen molar-refractivity contribution in [2.24, 2.45) is 0 Å². The van der Waals surface area contributed by atoms with Crippen LogP contribution >= 0.6 is 0 Å². The highest BCUT2D eigenvalue weighted by Crippen LogP contribution is 2.45. The van der Waals surface area contributed by atoms with Gasteiger partial charge in [-0.05, 0) is 103 Å². The van der Waals surface area contributed by atoms with E-state index in [2.05, 4.69) is 232 Å². The average Bonchev–Trinajstić information content (AvgIpc) is 2.74. The highest BCUT2D eigenvalue weighted by atomic mass is 16.3. The summed E-state index contributed by atoms with van der Waals surface area (Å²) in [5.74, 6) is 1.62. The SMILES string of the molecule is c1cc(-c2nc(-c3ccc(-n4c5ccccc5c5ccc6c7ccccc7oc6c54)cc3)nc(-c3cccc(-n4c5ccccc5c5ccc6c7ccccc7oc6c54)c3)n2)cc(-n2c3ccccc3c3ccc4c5ccccc5oc4c32)c1. The maximum Gasteiger partial charge on any atom is 0.164 e. The minimum Gasteiger partial charge on any atom is -0.454 e. The normalized spacial score (nSPS) is 12.3. The second kappa shape index (κ2) is 17.0. The molecule has 390 valence electrons. The molecule has 84 heavy (non-hydrogen) atoms. The number of hydrogen-bond acceptors (Lipinski definition) is 6. The second-order valence-corrected chi connectivity index (χ2v) is 21.8. The molecule has 7 heterocycles. The summed E-state index contributed by atoms with van der Waals surface area (Å²) in [6, 6.07) is 89.4. The molecule has 0 aliphatic rings. The molecule has 0 radical (unpaired) electrons. The first kappa shape index (κ1) is 45.2. The fourth-order valence-corrected chi connectivity index (χ4v) is 13.6. The van der Waals surface area contributed by atoms with Crippen molar-refractivity contribution in [3.8, 4) is 51.2 Å². The molecule has 0 saturated carbocycles. The molecule has 12 aromatic carbocycles. The zero-order chi connectivity index (χ0) is 54.7. The highest BCUT2D eigenvalue weighted by molar-refractivity contribution is 6.24. The van der Waals surface area contributed by atoms with Crippen LogP contribution in [0, 0.1) is 0 Å². The number of fused-ring (bicyclic) bond motifs is 21. The van der Waals surface area contributed by atoms with Crippen LogP contribution in [0.15, 0.2) is 268 Å². The molecule has 9 nitrogen and oxygen atoms in total. The van der Waals surface area contributed by atoms with Gasteiger partial charge in [-0.15, -0.1) is 0 Å². The zero-order valence-corrected chi connectivity index (χ0v) is 44.7. The minimum atomic E-state index is 0.538. The van der Waals surface area contributed by atoms with Crippen molar-refractivity contribution < 1.29 is 13.3 Å². The van der Waals surface area contributed by atoms with Crippen molar-refractivity contribution >= 4 is 131 Å². The van der Waals surface area contributed by atoms with Gasteiger partial charge in [0.2, 0.25) is 0 Å². The van der Waals surface area contributed by atoms with Crippen molar-refractivity contribution in [3.05, 3.63) is 255 Å². The first-order chi connectivity index (χ1) is 41.6. The van der Waals surface area contributed by atoms with Gasteiger partial charge in [0.25, 0.3) is 0 Å². The molecule has 19 aromatic rings. The Hall–Kier alpha value is -11.6. The van der Waals surface area contributed by atoms with Gasteiger partial charge in [-0.2, -0.15) is 0 Å². The molecule has 0 fully saturated rings. The molecule has 0 bridgehead atoms. The fraction of sp³-hybridized carbons (Fsp3) is 0. The summed E-state index contributed by atoms with van der Waals surface area (Å²) in [6.07, 6.45) is 0. The van der Waals surface area contributed by atoms with E-state index in [9.17, 15) is 0 Å². The van der Waals surface area contributed by atoms with Gasteiger partial charge in [0, 0.05) is 98.4 Å². The Morgan fingerprint density at radius 1 is 0.226 bits per heavy atom. The molecule has 7 aromatic heterocycles. The largest absolute Gasteiger partial charge is 0.454 e. The lowest BCUT2D eigenvalue weighted by Crippen LogP contribution is -2.02. The quantitative estimate of drug-likeness (QED) is 0.165. The second-order valence-electron chi connectivity index (χ2n) is 21.8. The lowest BCUT2D eigenvalue weighted by molar-refractivity contribution is 0.670. The molecule has 19 rings (SSSR count). The van der Waals surface area contributed by atoms with E-state index < -0.39 is 0 Å². The third kappa shape index (κ3) is 6.34. The summed E-state index contributed by atoms with van der Waals surface area (Å²) >= 11 is 0. The van der Waals surface area contributed by atoms with Crippen LogP contribution < -0.4 is 0 Å². The third-order valence-electron chi connectivity index (χ3n) is 17.3. The average molecular weight is 1080 g/mol. The van der Waals surface area contributed by atoms with E-state index in [4.69, 9.17) is 28.2 Å². The number of hydrogen-bond donors (Lipinski definition) is 0. The van der Waals surface area contributed by atoms with Crippen LogP contribution in [0.25, 0.3) is 182 Å². The van der Waals surface area contributed by atoms with Crippen LogP contribution in [-0.4, -0.2) is 28.7 Å². The summed E-state index contributed by atoms with van der Waals surface area (Å²) in [6.45, 7) is 0. The van der Waals surface area contributed by atoms with Crippen molar-refractivity contribution in [2.45, 2.75) is 0 Å². The maximum absolute atomic E-state index is 6.76. The Morgan fingerprint density at radius 3 is 0.940 bits per heavy atom. The lowest BCUT2D eigenvalue weighted by Gasteiger charge is -2.13. The van der Waals surface area contributed by atoms with Gasteiger partial charge < -0.3 is 27.0 Å². The standard InChI is InChI=1S/C75H42N6O3/c1-7-25-61-49(19-1)55-35-38-58-52-22-4-10-28-64(52)82-70(58)67(55)79(61)46-33-31-43(32-34-46)73-76-74(44-15-13-17-47(41-44)80-62-26-8-2-20-50(62)56-36-39-59-53-23-5-11-29-65(53)83-71(59)68(56)80)78-75(77-73)45-16-14-18-48(42-45)81-63-27-9-3-21-51(63)57-37-40-60-54-24-6-12-30-66(54)84-72(60)69(57)81/h1-42H. The number of benzene rings is 12. The van der Waals surface area contributed by atoms with Gasteiger partial charge in [0.05, 0.1) is 33.1 Å². The van der Waals surface area contributed by atoms with Crippen LogP contribution in [-0.2, 0) is 0 Å². The van der Waals surface area contributed by atoms with Crippen LogP contribution in [0.4, 0.5) is 0 Å². The van der Waals surface area contributed by atoms with Gasteiger partial charge in [0.1, 0.15) is 16.7 Å². The summed E-state index contributed by atoms with van der Waals surface area (Å²) in [7, 11) is 0. The Balaban J connectivity index is 0.816. The molecule has 0 aliphatic carbocycles. The fourth-order valence-electron chi connectivity index (χ4n) is 13.6. The molecule has 0 N–H and O–H groups in total. The number of aromatic nitrogens is 6. The Labute approximate surface area is 476 Å². The van der Waals surface area contributed by atoms with Gasteiger partial charge in [-0.3, -0.25) is 0 Å². The summed E-state index contributed by atoms with van der Waals surface area (Å²) in [5.41, 5.74) is 16.8. The Bertz CT molecular complexity index is 5760. The van der Waals surface area contributed by atoms with Gasteiger partial charge in [-0.1, -0.05) is 152 Å². The van der Waals surface area contributed by atoms with E-state index in [0.717, 1.165) is 165 Å². The molecule has 0 unspecified atom stereocenters. The number of rotatable bonds is 6. The van der Waals surface area contributed by atoms with Crippen molar-refractivity contribution in [1.82, 2.24) is 28.7 Å². The molecule has 0 amide bonds. The van der Waals surface area contributed by atoms with Gasteiger partial charge in [0.15, 0.2) is 34.2 Å². The van der Waals surface area contributed by atoms with Crippen molar-refractivity contribution in [1.29, 1.82) is 0 Å². The number of nitrogens with zero attached hydrogens (tertiary/aromatic N) is 6. The number of para-hydroxylation sites is 6. The molecule has 0 aliphatic heterocycles. The molecule has 9 heteroatoms. The van der Waals surface area contributed by atoms with E-state index >= 15 is 0 Å². The lowest BCUT2D eigenvalue weighted by atomic mass is 10.1. The summed E-state index contributed by atoms with van der Waals surface area (Å²) in [4.78, 5) is 16.2. The highest BCUT2D eigenvalue weighted by Gasteiger charge is 2.24. The maximum atomic E-state index is 6.76. The first-order valence-electron chi connectivity index (χ1n) is 28.2. The monoisotopic (exact) mass is 1070 g/mol. The van der Waals surface area contributed by atoms with Crippen LogP contribution in [0.2, 0.25) is 0 Å². The van der Waals surface area contributed by atoms with E-state index in [1.54, 1.807) is 0 Å². The molecular weight excluding hydrogens is 1030 g/mol. The van der Waals surface area contributed by atoms with Crippen LogP contribution in [0.5, 0.6) is 0 Å². The zero-order valence-electron chi connectivity index (χ0n) is 44.7. The van der Waals surface area contributed by atoms with Gasteiger partial charge >= 0.3 is 0 Å².